The maximum absolute atomic E-state index is 15.0. The minimum Gasteiger partial charge on any atom is -0.302 e. The van der Waals surface area contributed by atoms with E-state index in [1.807, 2.05) is 4.90 Å². The molecule has 7 nitrogen and oxygen atoms in total. The lowest BCUT2D eigenvalue weighted by Gasteiger charge is -2.32. The predicted octanol–water partition coefficient (Wildman–Crippen LogP) is 4.33. The molecule has 1 aliphatic heterocycles. The van der Waals surface area contributed by atoms with Crippen LogP contribution in [-0.2, 0) is 6.18 Å². The van der Waals surface area contributed by atoms with Gasteiger partial charge in [-0.25, -0.2) is 9.37 Å². The van der Waals surface area contributed by atoms with E-state index in [0.29, 0.717) is 54.4 Å². The van der Waals surface area contributed by atoms with Crippen molar-refractivity contribution in [2.45, 2.75) is 25.1 Å². The number of benzene rings is 1. The van der Waals surface area contributed by atoms with Crippen molar-refractivity contribution < 1.29 is 17.6 Å². The van der Waals surface area contributed by atoms with E-state index in [4.69, 9.17) is 5.26 Å². The molecule has 1 saturated heterocycles. The van der Waals surface area contributed by atoms with Gasteiger partial charge in [-0.2, -0.15) is 18.4 Å². The first-order valence-electron chi connectivity index (χ1n) is 10.9. The van der Waals surface area contributed by atoms with Gasteiger partial charge in [0.2, 0.25) is 0 Å². The lowest BCUT2D eigenvalue weighted by Crippen LogP contribution is -2.37. The molecule has 0 amide bonds. The Balaban J connectivity index is 1.67. The zero-order valence-electron chi connectivity index (χ0n) is 18.3. The molecule has 0 atom stereocenters. The summed E-state index contributed by atoms with van der Waals surface area (Å²) in [6, 6.07) is 6.61. The molecule has 5 rings (SSSR count). The van der Waals surface area contributed by atoms with Gasteiger partial charge in [-0.05, 0) is 25.0 Å². The fraction of sp³-hybridized carbons (Fsp3) is 0.292. The summed E-state index contributed by atoms with van der Waals surface area (Å²) in [6.45, 7) is 1.61. The molecule has 4 heterocycles. The molecule has 11 heteroatoms. The van der Waals surface area contributed by atoms with Crippen molar-refractivity contribution in [3.8, 4) is 17.2 Å². The van der Waals surface area contributed by atoms with Gasteiger partial charge in [-0.1, -0.05) is 6.07 Å². The Hall–Kier alpha value is -3.91. The average molecular weight is 482 g/mol. The van der Waals surface area contributed by atoms with Crippen LogP contribution in [0.3, 0.4) is 0 Å². The highest BCUT2D eigenvalue weighted by Gasteiger charge is 2.32. The van der Waals surface area contributed by atoms with Gasteiger partial charge >= 0.3 is 6.18 Å². The van der Waals surface area contributed by atoms with Crippen molar-refractivity contribution in [3.05, 3.63) is 64.7 Å². The normalized spacial score (nSPS) is 15.5. The average Bonchev–Trinajstić information content (AvgIpc) is 2.84. The Morgan fingerprint density at radius 3 is 2.43 bits per heavy atom. The summed E-state index contributed by atoms with van der Waals surface area (Å²) in [7, 11) is 0. The lowest BCUT2D eigenvalue weighted by atomic mass is 10.0. The fourth-order valence-corrected chi connectivity index (χ4v) is 4.57. The van der Waals surface area contributed by atoms with Crippen LogP contribution in [-0.4, -0.2) is 44.1 Å². The fourth-order valence-electron chi connectivity index (χ4n) is 4.57. The van der Waals surface area contributed by atoms with Crippen molar-refractivity contribution in [2.24, 2.45) is 0 Å². The van der Waals surface area contributed by atoms with Gasteiger partial charge in [-0.15, -0.1) is 0 Å². The Morgan fingerprint density at radius 1 is 1.03 bits per heavy atom. The molecule has 0 saturated carbocycles. The molecule has 3 aromatic heterocycles. The third-order valence-corrected chi connectivity index (χ3v) is 6.28. The van der Waals surface area contributed by atoms with Gasteiger partial charge in [0.1, 0.15) is 17.0 Å². The van der Waals surface area contributed by atoms with Crippen molar-refractivity contribution in [1.29, 1.82) is 5.26 Å². The van der Waals surface area contributed by atoms with E-state index < -0.39 is 17.7 Å². The molecule has 1 aromatic carbocycles. The number of fused-ring (bicyclic) bond motifs is 3. The number of hydrogen-bond donors (Lipinski definition) is 0. The number of alkyl halides is 3. The van der Waals surface area contributed by atoms with Gasteiger partial charge in [0.05, 0.1) is 36.0 Å². The van der Waals surface area contributed by atoms with Crippen LogP contribution >= 0.6 is 0 Å². The number of pyridine rings is 2. The largest absolute Gasteiger partial charge is 0.433 e. The second kappa shape index (κ2) is 8.70. The SMILES string of the molecule is N#CCN1CCC(n2c(=O)cnc3cnc4cc(F)c(-c5ccc(C(F)(F)F)nc5)cc4c32)CC1. The first kappa shape index (κ1) is 22.9. The van der Waals surface area contributed by atoms with Gasteiger partial charge in [0.25, 0.3) is 5.56 Å². The number of likely N-dealkylation sites (tertiary alicyclic amines) is 1. The van der Waals surface area contributed by atoms with Gasteiger partial charge < -0.3 is 4.57 Å². The third-order valence-electron chi connectivity index (χ3n) is 6.28. The minimum atomic E-state index is -4.61. The molecule has 0 unspecified atom stereocenters. The molecule has 0 bridgehead atoms. The molecule has 1 fully saturated rings. The Morgan fingerprint density at radius 2 is 1.77 bits per heavy atom. The zero-order valence-corrected chi connectivity index (χ0v) is 18.3. The maximum atomic E-state index is 15.0. The molecule has 0 spiro atoms. The van der Waals surface area contributed by atoms with Crippen molar-refractivity contribution in [1.82, 2.24) is 24.4 Å². The van der Waals surface area contributed by atoms with E-state index in [-0.39, 0.29) is 22.7 Å². The first-order valence-corrected chi connectivity index (χ1v) is 10.9. The highest BCUT2D eigenvalue weighted by atomic mass is 19.4. The molecule has 4 aromatic rings. The molecule has 0 N–H and O–H groups in total. The second-order valence-electron chi connectivity index (χ2n) is 8.40. The number of nitriles is 1. The Labute approximate surface area is 196 Å². The molecule has 178 valence electrons. The molecule has 0 aliphatic carbocycles. The van der Waals surface area contributed by atoms with E-state index in [1.54, 1.807) is 4.57 Å². The van der Waals surface area contributed by atoms with Gasteiger partial charge in [-0.3, -0.25) is 19.7 Å². The van der Waals surface area contributed by atoms with Crippen molar-refractivity contribution >= 4 is 21.9 Å². The van der Waals surface area contributed by atoms with Crippen LogP contribution in [0.25, 0.3) is 33.1 Å². The monoisotopic (exact) mass is 482 g/mol. The van der Waals surface area contributed by atoms with Crippen LogP contribution in [0, 0.1) is 17.1 Å². The third kappa shape index (κ3) is 4.21. The smallest absolute Gasteiger partial charge is 0.302 e. The van der Waals surface area contributed by atoms with E-state index in [2.05, 4.69) is 21.0 Å². The van der Waals surface area contributed by atoms with E-state index in [0.717, 1.165) is 18.3 Å². The van der Waals surface area contributed by atoms with E-state index in [1.165, 1.54) is 24.5 Å². The molecule has 0 radical (unpaired) electrons. The van der Waals surface area contributed by atoms with Crippen LogP contribution in [0.5, 0.6) is 0 Å². The summed E-state index contributed by atoms with van der Waals surface area (Å²) in [6.07, 6.45) is 0.342. The quantitative estimate of drug-likeness (QED) is 0.246. The summed E-state index contributed by atoms with van der Waals surface area (Å²) in [5, 5.41) is 9.41. The summed E-state index contributed by atoms with van der Waals surface area (Å²) >= 11 is 0. The van der Waals surface area contributed by atoms with Crippen molar-refractivity contribution in [3.63, 3.8) is 0 Å². The van der Waals surface area contributed by atoms with Crippen LogP contribution in [0.4, 0.5) is 17.6 Å². The summed E-state index contributed by atoms with van der Waals surface area (Å²) in [5.74, 6) is -0.673. The maximum Gasteiger partial charge on any atom is 0.433 e. The summed E-state index contributed by atoms with van der Waals surface area (Å²) in [4.78, 5) is 26.9. The molecular weight excluding hydrogens is 464 g/mol. The molecule has 1 aliphatic rings. The number of rotatable bonds is 3. The van der Waals surface area contributed by atoms with Crippen molar-refractivity contribution in [2.75, 3.05) is 19.6 Å². The lowest BCUT2D eigenvalue weighted by molar-refractivity contribution is -0.141. The molecule has 35 heavy (non-hydrogen) atoms. The highest BCUT2D eigenvalue weighted by molar-refractivity contribution is 6.03. The van der Waals surface area contributed by atoms with E-state index in [9.17, 15) is 22.4 Å². The number of hydrogen-bond acceptors (Lipinski definition) is 6. The van der Waals surface area contributed by atoms with Crippen LogP contribution in [0.15, 0.2) is 47.7 Å². The number of halogens is 4. The van der Waals surface area contributed by atoms with E-state index >= 15 is 0 Å². The van der Waals surface area contributed by atoms with Gasteiger partial charge in [0.15, 0.2) is 0 Å². The number of nitrogens with zero attached hydrogens (tertiary/aromatic N) is 6. The Bertz CT molecular complexity index is 1520. The Kier molecular flexibility index (Phi) is 5.68. The summed E-state index contributed by atoms with van der Waals surface area (Å²) in [5.41, 5.74) is 0.0431. The first-order chi connectivity index (χ1) is 16.8. The highest BCUT2D eigenvalue weighted by Crippen LogP contribution is 2.34. The predicted molar refractivity (Wildman–Crippen MR) is 120 cm³/mol. The number of aromatic nitrogens is 4. The van der Waals surface area contributed by atoms with Gasteiger partial charge in [0, 0.05) is 47.9 Å². The summed E-state index contributed by atoms with van der Waals surface area (Å²) < 4.78 is 55.3. The van der Waals surface area contributed by atoms with Crippen LogP contribution in [0.2, 0.25) is 0 Å². The second-order valence-corrected chi connectivity index (χ2v) is 8.40. The minimum absolute atomic E-state index is 0.0414. The zero-order chi connectivity index (χ0) is 24.7. The standard InChI is InChI=1S/C24H18F4N6O/c25-18-10-19-17(9-16(18)14-1-2-21(32-11-14)24(26,27)28)23-20(12-30-19)31-13-22(35)34(23)15-3-6-33(7-4-15)8-5-29/h1-2,9-13,15H,3-4,6-8H2. The van der Waals surface area contributed by atoms with Crippen LogP contribution < -0.4 is 5.56 Å². The number of piperidine rings is 1. The van der Waals surface area contributed by atoms with Crippen LogP contribution in [0.1, 0.15) is 24.6 Å². The molecular formula is C24H18F4N6O. The topological polar surface area (TPSA) is 87.7 Å².